The zero-order valence-corrected chi connectivity index (χ0v) is 16.0. The summed E-state index contributed by atoms with van der Waals surface area (Å²) in [7, 11) is 0. The number of rotatable bonds is 5. The molecule has 1 heterocycles. The summed E-state index contributed by atoms with van der Waals surface area (Å²) in [6.07, 6.45) is 0. The van der Waals surface area contributed by atoms with Crippen LogP contribution in [-0.4, -0.2) is 23.3 Å². The van der Waals surface area contributed by atoms with Crippen LogP contribution in [0.5, 0.6) is 0 Å². The van der Waals surface area contributed by atoms with E-state index in [-0.39, 0.29) is 29.2 Å². The van der Waals surface area contributed by atoms with Gasteiger partial charge in [-0.25, -0.2) is 4.39 Å². The van der Waals surface area contributed by atoms with Crippen LogP contribution in [-0.2, 0) is 9.59 Å². The lowest BCUT2D eigenvalue weighted by Crippen LogP contribution is -2.35. The molecular formula is C22H23FN2O2. The molecule has 0 fully saturated rings. The number of hydrogen-bond acceptors (Lipinski definition) is 3. The summed E-state index contributed by atoms with van der Waals surface area (Å²) >= 11 is 0. The normalized spacial score (nSPS) is 14.5. The van der Waals surface area contributed by atoms with Crippen molar-refractivity contribution in [2.45, 2.75) is 27.7 Å². The summed E-state index contributed by atoms with van der Waals surface area (Å²) in [5.74, 6) is -0.865. The maximum Gasteiger partial charge on any atom is 0.278 e. The minimum absolute atomic E-state index is 0.157. The highest BCUT2D eigenvalue weighted by Gasteiger charge is 2.39. The van der Waals surface area contributed by atoms with Crippen molar-refractivity contribution in [2.75, 3.05) is 11.9 Å². The number of nitrogens with one attached hydrogen (secondary N) is 1. The predicted octanol–water partition coefficient (Wildman–Crippen LogP) is 4.29. The number of amides is 2. The molecule has 1 N–H and O–H groups in total. The van der Waals surface area contributed by atoms with E-state index in [1.165, 1.54) is 17.0 Å². The summed E-state index contributed by atoms with van der Waals surface area (Å²) in [6.45, 7) is 8.24. The Hall–Kier alpha value is -2.95. The summed E-state index contributed by atoms with van der Waals surface area (Å²) in [5.41, 5.74) is 4.00. The highest BCUT2D eigenvalue weighted by atomic mass is 19.1. The molecule has 5 heteroatoms. The van der Waals surface area contributed by atoms with Crippen LogP contribution < -0.4 is 5.32 Å². The third-order valence-electron chi connectivity index (χ3n) is 4.62. The first kappa shape index (κ1) is 18.8. The second-order valence-electron chi connectivity index (χ2n) is 7.30. The summed E-state index contributed by atoms with van der Waals surface area (Å²) < 4.78 is 13.2. The lowest BCUT2D eigenvalue weighted by Gasteiger charge is -2.17. The number of hydrogen-bond donors (Lipinski definition) is 1. The van der Waals surface area contributed by atoms with Crippen LogP contribution in [0.4, 0.5) is 10.1 Å². The van der Waals surface area contributed by atoms with E-state index in [0.717, 1.165) is 11.1 Å². The number of halogens is 1. The van der Waals surface area contributed by atoms with Gasteiger partial charge >= 0.3 is 0 Å². The maximum absolute atomic E-state index is 13.2. The minimum atomic E-state index is -0.362. The molecule has 2 aromatic carbocycles. The van der Waals surface area contributed by atoms with E-state index >= 15 is 0 Å². The van der Waals surface area contributed by atoms with Gasteiger partial charge in [0.2, 0.25) is 0 Å². The number of aryl methyl sites for hydroxylation is 2. The Labute approximate surface area is 158 Å². The van der Waals surface area contributed by atoms with Crippen molar-refractivity contribution in [1.29, 1.82) is 0 Å². The molecule has 0 aliphatic carbocycles. The first-order valence-electron chi connectivity index (χ1n) is 8.98. The number of carbonyl (C=O) groups is 2. The highest BCUT2D eigenvalue weighted by molar-refractivity contribution is 6.36. The van der Waals surface area contributed by atoms with Crippen molar-refractivity contribution < 1.29 is 14.0 Å². The summed E-state index contributed by atoms with van der Waals surface area (Å²) in [5, 5.41) is 3.04. The zero-order chi connectivity index (χ0) is 19.7. The van der Waals surface area contributed by atoms with E-state index in [4.69, 9.17) is 0 Å². The number of imide groups is 1. The van der Waals surface area contributed by atoms with E-state index in [9.17, 15) is 14.0 Å². The van der Waals surface area contributed by atoms with Gasteiger partial charge in [-0.2, -0.15) is 0 Å². The monoisotopic (exact) mass is 366 g/mol. The van der Waals surface area contributed by atoms with E-state index in [1.54, 1.807) is 12.1 Å². The van der Waals surface area contributed by atoms with Gasteiger partial charge in [-0.3, -0.25) is 14.5 Å². The third kappa shape index (κ3) is 3.77. The number of nitrogens with zero attached hydrogens (tertiary/aromatic N) is 1. The Morgan fingerprint density at radius 3 is 2.22 bits per heavy atom. The second kappa shape index (κ2) is 7.35. The second-order valence-corrected chi connectivity index (χ2v) is 7.30. The Kier molecular flexibility index (Phi) is 5.13. The standard InChI is InChI=1S/C22H23FN2O2/c1-13(2)12-25-21(26)19(16-6-5-14(3)15(4)11-16)20(22(25)27)24-18-9-7-17(23)8-10-18/h5-11,13,24H,12H2,1-4H3. The molecule has 0 bridgehead atoms. The van der Waals surface area contributed by atoms with Crippen LogP contribution in [0.2, 0.25) is 0 Å². The molecule has 1 aliphatic rings. The first-order chi connectivity index (χ1) is 12.8. The van der Waals surface area contributed by atoms with Crippen molar-refractivity contribution >= 4 is 23.1 Å². The fourth-order valence-electron chi connectivity index (χ4n) is 3.07. The lowest BCUT2D eigenvalue weighted by atomic mass is 9.99. The fourth-order valence-corrected chi connectivity index (χ4v) is 3.07. The number of carbonyl (C=O) groups excluding carboxylic acids is 2. The van der Waals surface area contributed by atoms with Gasteiger partial charge in [0.15, 0.2) is 0 Å². The van der Waals surface area contributed by atoms with Gasteiger partial charge in [-0.15, -0.1) is 0 Å². The predicted molar refractivity (Wildman–Crippen MR) is 104 cm³/mol. The number of benzene rings is 2. The van der Waals surface area contributed by atoms with Crippen molar-refractivity contribution in [1.82, 2.24) is 4.90 Å². The van der Waals surface area contributed by atoms with Gasteiger partial charge in [0.05, 0.1) is 5.57 Å². The summed E-state index contributed by atoms with van der Waals surface area (Å²) in [4.78, 5) is 27.3. The summed E-state index contributed by atoms with van der Waals surface area (Å²) in [6, 6.07) is 11.4. The molecule has 1 aliphatic heterocycles. The fraction of sp³-hybridized carbons (Fsp3) is 0.273. The molecule has 140 valence electrons. The van der Waals surface area contributed by atoms with Crippen molar-refractivity contribution in [3.63, 3.8) is 0 Å². The van der Waals surface area contributed by atoms with Crippen LogP contribution in [0.25, 0.3) is 5.57 Å². The molecule has 0 atom stereocenters. The molecule has 2 aromatic rings. The smallest absolute Gasteiger partial charge is 0.278 e. The molecule has 2 amide bonds. The number of anilines is 1. The lowest BCUT2D eigenvalue weighted by molar-refractivity contribution is -0.137. The van der Waals surface area contributed by atoms with Crippen LogP contribution in [0.3, 0.4) is 0 Å². The van der Waals surface area contributed by atoms with E-state index in [1.807, 2.05) is 45.9 Å². The first-order valence-corrected chi connectivity index (χ1v) is 8.98. The average Bonchev–Trinajstić information content (AvgIpc) is 2.83. The molecule has 0 saturated heterocycles. The van der Waals surface area contributed by atoms with E-state index in [2.05, 4.69) is 5.32 Å². The zero-order valence-electron chi connectivity index (χ0n) is 16.0. The Bertz CT molecular complexity index is 930. The van der Waals surface area contributed by atoms with Gasteiger partial charge in [-0.05, 0) is 60.7 Å². The van der Waals surface area contributed by atoms with Crippen molar-refractivity contribution in [3.8, 4) is 0 Å². The van der Waals surface area contributed by atoms with Crippen molar-refractivity contribution in [3.05, 3.63) is 70.7 Å². The largest absolute Gasteiger partial charge is 0.350 e. The molecular weight excluding hydrogens is 343 g/mol. The maximum atomic E-state index is 13.2. The van der Waals surface area contributed by atoms with Gasteiger partial charge in [0.25, 0.3) is 11.8 Å². The quantitative estimate of drug-likeness (QED) is 0.803. The van der Waals surface area contributed by atoms with Crippen LogP contribution in [0.15, 0.2) is 48.2 Å². The van der Waals surface area contributed by atoms with Crippen molar-refractivity contribution in [2.24, 2.45) is 5.92 Å². The molecule has 0 aromatic heterocycles. The molecule has 0 spiro atoms. The molecule has 27 heavy (non-hydrogen) atoms. The Morgan fingerprint density at radius 2 is 1.63 bits per heavy atom. The van der Waals surface area contributed by atoms with Gasteiger partial charge < -0.3 is 5.32 Å². The molecule has 0 saturated carbocycles. The van der Waals surface area contributed by atoms with Crippen LogP contribution >= 0.6 is 0 Å². The molecule has 0 radical (unpaired) electrons. The highest BCUT2D eigenvalue weighted by Crippen LogP contribution is 2.31. The average molecular weight is 366 g/mol. The molecule has 4 nitrogen and oxygen atoms in total. The Balaban J connectivity index is 2.08. The molecule has 0 unspecified atom stereocenters. The van der Waals surface area contributed by atoms with E-state index in [0.29, 0.717) is 23.4 Å². The van der Waals surface area contributed by atoms with Crippen LogP contribution in [0.1, 0.15) is 30.5 Å². The van der Waals surface area contributed by atoms with E-state index < -0.39 is 0 Å². The minimum Gasteiger partial charge on any atom is -0.350 e. The third-order valence-corrected chi connectivity index (χ3v) is 4.62. The van der Waals surface area contributed by atoms with Crippen LogP contribution in [0, 0.1) is 25.6 Å². The van der Waals surface area contributed by atoms with Gasteiger partial charge in [-0.1, -0.05) is 32.0 Å². The SMILES string of the molecule is Cc1ccc(C2=C(Nc3ccc(F)cc3)C(=O)N(CC(C)C)C2=O)cc1C. The van der Waals surface area contributed by atoms with Gasteiger partial charge in [0.1, 0.15) is 11.5 Å². The molecule has 3 rings (SSSR count). The van der Waals surface area contributed by atoms with Gasteiger partial charge in [0, 0.05) is 12.2 Å². The Morgan fingerprint density at radius 1 is 0.963 bits per heavy atom. The topological polar surface area (TPSA) is 49.4 Å².